The van der Waals surface area contributed by atoms with Crippen LogP contribution >= 0.6 is 23.2 Å². The maximum absolute atomic E-state index is 6.38. The van der Waals surface area contributed by atoms with Gasteiger partial charge in [0.05, 0.1) is 36.0 Å². The summed E-state index contributed by atoms with van der Waals surface area (Å²) in [5, 5.41) is 1.33. The van der Waals surface area contributed by atoms with E-state index < -0.39 is 0 Å². The van der Waals surface area contributed by atoms with Crippen LogP contribution in [0.15, 0.2) is 61.0 Å². The Labute approximate surface area is 144 Å². The molecule has 0 aliphatic carbocycles. The molecule has 0 aliphatic heterocycles. The summed E-state index contributed by atoms with van der Waals surface area (Å²) < 4.78 is 7.01. The fraction of sp³-hybridized carbons (Fsp3) is 0.0556. The quantitative estimate of drug-likeness (QED) is 0.587. The summed E-state index contributed by atoms with van der Waals surface area (Å²) in [5.41, 5.74) is 2.67. The highest BCUT2D eigenvalue weighted by Crippen LogP contribution is 2.29. The maximum atomic E-state index is 6.38. The van der Waals surface area contributed by atoms with E-state index in [1.807, 2.05) is 59.2 Å². The molecule has 0 bridgehead atoms. The van der Waals surface area contributed by atoms with Crippen molar-refractivity contribution < 1.29 is 4.74 Å². The van der Waals surface area contributed by atoms with E-state index in [1.54, 1.807) is 19.6 Å². The van der Waals surface area contributed by atoms with Gasteiger partial charge in [0.1, 0.15) is 5.82 Å². The minimum Gasteiger partial charge on any atom is -0.504 e. The number of hydrogen-bond acceptors (Lipinski definition) is 2. The molecule has 0 aliphatic rings. The first kappa shape index (κ1) is 15.7. The molecule has 0 saturated carbocycles. The highest BCUT2D eigenvalue weighted by molar-refractivity contribution is 6.32. The van der Waals surface area contributed by atoms with Gasteiger partial charge in [-0.15, -0.1) is 0 Å². The number of methoxy groups -OCH3 is 1. The van der Waals surface area contributed by atoms with Crippen molar-refractivity contribution in [1.82, 2.24) is 9.55 Å². The molecule has 23 heavy (non-hydrogen) atoms. The van der Waals surface area contributed by atoms with Crippen molar-refractivity contribution in [1.29, 1.82) is 0 Å². The van der Waals surface area contributed by atoms with Gasteiger partial charge in [-0.3, -0.25) is 4.57 Å². The minimum absolute atomic E-state index is 0.646. The average molecular weight is 345 g/mol. The Morgan fingerprint density at radius 2 is 1.78 bits per heavy atom. The second-order valence-electron chi connectivity index (χ2n) is 4.84. The SMILES string of the molecule is COC=Cc1cnc(-c2ccc(Cl)cc2)n1-c1ccccc1Cl. The van der Waals surface area contributed by atoms with Gasteiger partial charge in [0.2, 0.25) is 0 Å². The summed E-state index contributed by atoms with van der Waals surface area (Å²) in [5.74, 6) is 0.783. The van der Waals surface area contributed by atoms with Gasteiger partial charge in [-0.05, 0) is 42.5 Å². The lowest BCUT2D eigenvalue weighted by Gasteiger charge is -2.12. The van der Waals surface area contributed by atoms with E-state index in [0.29, 0.717) is 10.0 Å². The predicted octanol–water partition coefficient (Wildman–Crippen LogP) is 5.46. The highest BCUT2D eigenvalue weighted by atomic mass is 35.5. The molecule has 3 nitrogen and oxygen atoms in total. The molecular formula is C18H14Cl2N2O. The standard InChI is InChI=1S/C18H14Cl2N2O/c1-23-11-10-15-12-21-18(13-6-8-14(19)9-7-13)22(15)17-5-3-2-4-16(17)20/h2-12H,1H3. The number of aromatic nitrogens is 2. The summed E-state index contributed by atoms with van der Waals surface area (Å²) in [6.07, 6.45) is 5.23. The van der Waals surface area contributed by atoms with Gasteiger partial charge < -0.3 is 4.74 Å². The Hall–Kier alpha value is -2.23. The van der Waals surface area contributed by atoms with Crippen LogP contribution in [-0.4, -0.2) is 16.7 Å². The van der Waals surface area contributed by atoms with Gasteiger partial charge >= 0.3 is 0 Å². The first-order chi connectivity index (χ1) is 11.2. The van der Waals surface area contributed by atoms with Crippen LogP contribution in [0.1, 0.15) is 5.69 Å². The molecule has 0 atom stereocenters. The summed E-state index contributed by atoms with van der Waals surface area (Å²) >= 11 is 12.4. The van der Waals surface area contributed by atoms with Gasteiger partial charge in [-0.1, -0.05) is 35.3 Å². The van der Waals surface area contributed by atoms with E-state index in [0.717, 1.165) is 22.8 Å². The molecule has 5 heteroatoms. The van der Waals surface area contributed by atoms with Crippen LogP contribution in [0.25, 0.3) is 23.2 Å². The first-order valence-corrected chi connectivity index (χ1v) is 7.74. The largest absolute Gasteiger partial charge is 0.504 e. The van der Waals surface area contributed by atoms with E-state index in [2.05, 4.69) is 4.98 Å². The Morgan fingerprint density at radius 1 is 1.04 bits per heavy atom. The first-order valence-electron chi connectivity index (χ1n) is 6.98. The van der Waals surface area contributed by atoms with Crippen molar-refractivity contribution in [3.05, 3.63) is 76.7 Å². The monoisotopic (exact) mass is 344 g/mol. The van der Waals surface area contributed by atoms with Crippen LogP contribution in [0.3, 0.4) is 0 Å². The number of imidazole rings is 1. The van der Waals surface area contributed by atoms with Crippen LogP contribution < -0.4 is 0 Å². The molecule has 2 aromatic carbocycles. The predicted molar refractivity (Wildman–Crippen MR) is 95.1 cm³/mol. The van der Waals surface area contributed by atoms with Crippen molar-refractivity contribution in [2.24, 2.45) is 0 Å². The van der Waals surface area contributed by atoms with Gasteiger partial charge in [0.25, 0.3) is 0 Å². The highest BCUT2D eigenvalue weighted by Gasteiger charge is 2.14. The Kier molecular flexibility index (Phi) is 4.70. The number of hydrogen-bond donors (Lipinski definition) is 0. The molecule has 0 saturated heterocycles. The van der Waals surface area contributed by atoms with Crippen molar-refractivity contribution in [3.8, 4) is 17.1 Å². The number of nitrogens with zero attached hydrogens (tertiary/aromatic N) is 2. The third-order valence-corrected chi connectivity index (χ3v) is 3.93. The lowest BCUT2D eigenvalue weighted by molar-refractivity contribution is 0.341. The second kappa shape index (κ2) is 6.90. The van der Waals surface area contributed by atoms with E-state index in [9.17, 15) is 0 Å². The van der Waals surface area contributed by atoms with Gasteiger partial charge in [0.15, 0.2) is 0 Å². The third-order valence-electron chi connectivity index (χ3n) is 3.36. The second-order valence-corrected chi connectivity index (χ2v) is 5.68. The van der Waals surface area contributed by atoms with Crippen molar-refractivity contribution in [2.45, 2.75) is 0 Å². The van der Waals surface area contributed by atoms with E-state index >= 15 is 0 Å². The normalized spacial score (nSPS) is 11.1. The molecule has 0 N–H and O–H groups in total. The average Bonchev–Trinajstić information content (AvgIpc) is 2.98. The van der Waals surface area contributed by atoms with Gasteiger partial charge in [-0.2, -0.15) is 0 Å². The number of ether oxygens (including phenoxy) is 1. The van der Waals surface area contributed by atoms with Crippen molar-refractivity contribution >= 4 is 29.3 Å². The fourth-order valence-electron chi connectivity index (χ4n) is 2.31. The van der Waals surface area contributed by atoms with Crippen LogP contribution in [0.2, 0.25) is 10.0 Å². The van der Waals surface area contributed by atoms with Crippen LogP contribution in [0.4, 0.5) is 0 Å². The van der Waals surface area contributed by atoms with Gasteiger partial charge in [-0.25, -0.2) is 4.98 Å². The van der Waals surface area contributed by atoms with Crippen molar-refractivity contribution in [2.75, 3.05) is 7.11 Å². The van der Waals surface area contributed by atoms with Crippen LogP contribution in [0, 0.1) is 0 Å². The number of para-hydroxylation sites is 1. The lowest BCUT2D eigenvalue weighted by Crippen LogP contribution is -2.00. The van der Waals surface area contributed by atoms with E-state index in [-0.39, 0.29) is 0 Å². The molecule has 116 valence electrons. The van der Waals surface area contributed by atoms with E-state index in [4.69, 9.17) is 27.9 Å². The third kappa shape index (κ3) is 3.26. The topological polar surface area (TPSA) is 27.1 Å². The van der Waals surface area contributed by atoms with Crippen LogP contribution in [-0.2, 0) is 4.74 Å². The molecule has 0 unspecified atom stereocenters. The summed E-state index contributed by atoms with van der Waals surface area (Å²) in [7, 11) is 1.60. The zero-order valence-electron chi connectivity index (χ0n) is 12.4. The number of rotatable bonds is 4. The van der Waals surface area contributed by atoms with Crippen molar-refractivity contribution in [3.63, 3.8) is 0 Å². The zero-order valence-corrected chi connectivity index (χ0v) is 13.9. The Balaban J connectivity index is 2.21. The molecule has 0 amide bonds. The molecule has 1 heterocycles. The molecule has 0 spiro atoms. The Bertz CT molecular complexity index is 838. The maximum Gasteiger partial charge on any atom is 0.145 e. The zero-order chi connectivity index (χ0) is 16.2. The number of halogens is 2. The fourth-order valence-corrected chi connectivity index (χ4v) is 2.66. The van der Waals surface area contributed by atoms with Crippen LogP contribution in [0.5, 0.6) is 0 Å². The molecule has 0 radical (unpaired) electrons. The molecule has 3 aromatic rings. The molecule has 3 rings (SSSR count). The summed E-state index contributed by atoms with van der Waals surface area (Å²) in [4.78, 5) is 4.54. The smallest absolute Gasteiger partial charge is 0.145 e. The van der Waals surface area contributed by atoms with Gasteiger partial charge in [0, 0.05) is 10.6 Å². The molecule has 0 fully saturated rings. The lowest BCUT2D eigenvalue weighted by atomic mass is 10.2. The summed E-state index contributed by atoms with van der Waals surface area (Å²) in [6, 6.07) is 15.2. The Morgan fingerprint density at radius 3 is 2.48 bits per heavy atom. The summed E-state index contributed by atoms with van der Waals surface area (Å²) in [6.45, 7) is 0. The number of benzene rings is 2. The minimum atomic E-state index is 0.646. The molecule has 1 aromatic heterocycles. The molecular weight excluding hydrogens is 331 g/mol. The van der Waals surface area contributed by atoms with E-state index in [1.165, 1.54) is 0 Å².